The lowest BCUT2D eigenvalue weighted by Crippen LogP contribution is -2.47. The minimum Gasteiger partial charge on any atom is -0.467 e. The van der Waals surface area contributed by atoms with Gasteiger partial charge in [0.15, 0.2) is 0 Å². The van der Waals surface area contributed by atoms with Crippen LogP contribution in [0.15, 0.2) is 23.3 Å². The van der Waals surface area contributed by atoms with E-state index in [4.69, 9.17) is 9.47 Å². The highest BCUT2D eigenvalue weighted by Crippen LogP contribution is 2.27. The summed E-state index contributed by atoms with van der Waals surface area (Å²) in [6.45, 7) is 7.63. The van der Waals surface area contributed by atoms with Crippen molar-refractivity contribution in [2.45, 2.75) is 51.7 Å². The molecule has 24 heavy (non-hydrogen) atoms. The molecule has 1 N–H and O–H groups in total. The molecule has 0 bridgehead atoms. The second-order valence-electron chi connectivity index (χ2n) is 7.12. The Kier molecular flexibility index (Phi) is 6.04. The van der Waals surface area contributed by atoms with E-state index in [2.05, 4.69) is 11.4 Å². The predicted molar refractivity (Wildman–Crippen MR) is 91.6 cm³/mol. The van der Waals surface area contributed by atoms with Crippen molar-refractivity contribution in [1.82, 2.24) is 10.2 Å². The molecular weight excluding hydrogens is 308 g/mol. The molecule has 6 heteroatoms. The van der Waals surface area contributed by atoms with Gasteiger partial charge in [-0.15, -0.1) is 0 Å². The third-order valence-electron chi connectivity index (χ3n) is 4.18. The van der Waals surface area contributed by atoms with Gasteiger partial charge in [-0.05, 0) is 57.7 Å². The van der Waals surface area contributed by atoms with Crippen LogP contribution in [-0.2, 0) is 14.3 Å². The Bertz CT molecular complexity index is 546. The fourth-order valence-corrected chi connectivity index (χ4v) is 3.00. The zero-order valence-electron chi connectivity index (χ0n) is 15.1. The van der Waals surface area contributed by atoms with Crippen LogP contribution in [0.25, 0.3) is 0 Å². The molecular formula is C18H28N2O4. The van der Waals surface area contributed by atoms with E-state index in [1.807, 2.05) is 26.8 Å². The summed E-state index contributed by atoms with van der Waals surface area (Å²) >= 11 is 0. The molecule has 0 spiro atoms. The van der Waals surface area contributed by atoms with E-state index in [1.165, 1.54) is 23.2 Å². The number of methoxy groups -OCH3 is 1. The van der Waals surface area contributed by atoms with Crippen LogP contribution in [0.3, 0.4) is 0 Å². The molecule has 0 saturated heterocycles. The van der Waals surface area contributed by atoms with Gasteiger partial charge < -0.3 is 14.8 Å². The first-order valence-electron chi connectivity index (χ1n) is 8.48. The monoisotopic (exact) mass is 336 g/mol. The highest BCUT2D eigenvalue weighted by Gasteiger charge is 2.34. The van der Waals surface area contributed by atoms with E-state index in [9.17, 15) is 9.59 Å². The topological polar surface area (TPSA) is 67.9 Å². The van der Waals surface area contributed by atoms with Gasteiger partial charge >= 0.3 is 12.1 Å². The van der Waals surface area contributed by atoms with Gasteiger partial charge in [0.1, 0.15) is 11.6 Å². The van der Waals surface area contributed by atoms with E-state index in [-0.39, 0.29) is 0 Å². The second-order valence-corrected chi connectivity index (χ2v) is 7.12. The van der Waals surface area contributed by atoms with Crippen molar-refractivity contribution in [3.05, 3.63) is 23.3 Å². The lowest BCUT2D eigenvalue weighted by molar-refractivity contribution is -0.146. The molecule has 1 amide bonds. The average molecular weight is 336 g/mol. The quantitative estimate of drug-likeness (QED) is 0.784. The summed E-state index contributed by atoms with van der Waals surface area (Å²) in [5.74, 6) is -0.394. The van der Waals surface area contributed by atoms with E-state index in [1.54, 1.807) is 0 Å². The van der Waals surface area contributed by atoms with Gasteiger partial charge in [0, 0.05) is 13.1 Å². The Morgan fingerprint density at radius 3 is 2.50 bits per heavy atom. The molecule has 0 aliphatic carbocycles. The number of hydrogen-bond acceptors (Lipinski definition) is 5. The van der Waals surface area contributed by atoms with Crippen molar-refractivity contribution in [1.29, 1.82) is 0 Å². The lowest BCUT2D eigenvalue weighted by Gasteiger charge is -2.30. The summed E-state index contributed by atoms with van der Waals surface area (Å²) in [6, 6.07) is -0.610. The second kappa shape index (κ2) is 7.83. The largest absolute Gasteiger partial charge is 0.467 e. The summed E-state index contributed by atoms with van der Waals surface area (Å²) in [5.41, 5.74) is 1.92. The van der Waals surface area contributed by atoms with Crippen LogP contribution < -0.4 is 5.32 Å². The standard InChI is InChI=1S/C18H28N2O4/c1-18(2,3)24-17(22)20-12-9-13(14-7-10-19-11-8-14)5-6-15(20)16(21)23-4/h7,9,15,19H,5-6,8,10-12H2,1-4H3. The van der Waals surface area contributed by atoms with Crippen molar-refractivity contribution in [2.75, 3.05) is 26.7 Å². The molecule has 1 atom stereocenters. The number of ether oxygens (including phenoxy) is 2. The lowest BCUT2D eigenvalue weighted by atomic mass is 9.95. The van der Waals surface area contributed by atoms with Crippen molar-refractivity contribution in [2.24, 2.45) is 0 Å². The van der Waals surface area contributed by atoms with E-state index in [0.717, 1.165) is 25.9 Å². The SMILES string of the molecule is COC(=O)C1CCC(C2=CCNCC2)=CCN1C(=O)OC(C)(C)C. The maximum atomic E-state index is 12.5. The smallest absolute Gasteiger partial charge is 0.411 e. The van der Waals surface area contributed by atoms with E-state index < -0.39 is 23.7 Å². The van der Waals surface area contributed by atoms with Crippen LogP contribution in [0.5, 0.6) is 0 Å². The molecule has 2 rings (SSSR count). The number of carbonyl (C=O) groups is 2. The van der Waals surface area contributed by atoms with Crippen molar-refractivity contribution < 1.29 is 19.1 Å². The van der Waals surface area contributed by atoms with Gasteiger partial charge in [0.25, 0.3) is 0 Å². The molecule has 0 radical (unpaired) electrons. The summed E-state index contributed by atoms with van der Waals surface area (Å²) in [7, 11) is 1.35. The number of rotatable bonds is 2. The highest BCUT2D eigenvalue weighted by molar-refractivity contribution is 5.82. The molecule has 0 aromatic rings. The molecule has 1 unspecified atom stereocenters. The molecule has 134 valence electrons. The molecule has 0 saturated carbocycles. The van der Waals surface area contributed by atoms with Gasteiger partial charge in [-0.3, -0.25) is 4.90 Å². The molecule has 2 aliphatic rings. The average Bonchev–Trinajstić information content (AvgIpc) is 2.76. The number of carbonyl (C=O) groups excluding carboxylic acids is 2. The molecule has 2 heterocycles. The fourth-order valence-electron chi connectivity index (χ4n) is 3.00. The fraction of sp³-hybridized carbons (Fsp3) is 0.667. The highest BCUT2D eigenvalue weighted by atomic mass is 16.6. The van der Waals surface area contributed by atoms with Gasteiger partial charge in [-0.2, -0.15) is 0 Å². The first-order valence-corrected chi connectivity index (χ1v) is 8.48. The number of nitrogens with one attached hydrogen (secondary N) is 1. The third kappa shape index (κ3) is 4.84. The third-order valence-corrected chi connectivity index (χ3v) is 4.18. The Morgan fingerprint density at radius 1 is 1.21 bits per heavy atom. The van der Waals surface area contributed by atoms with Crippen molar-refractivity contribution in [3.8, 4) is 0 Å². The molecule has 0 aromatic heterocycles. The molecule has 0 fully saturated rings. The van der Waals surface area contributed by atoms with Crippen LogP contribution in [0, 0.1) is 0 Å². The number of nitrogens with zero attached hydrogens (tertiary/aromatic N) is 1. The Balaban J connectivity index is 2.20. The zero-order chi connectivity index (χ0) is 17.7. The van der Waals surface area contributed by atoms with Crippen LogP contribution in [-0.4, -0.2) is 55.3 Å². The summed E-state index contributed by atoms with van der Waals surface area (Å²) < 4.78 is 10.4. The maximum absolute atomic E-state index is 12.5. The van der Waals surface area contributed by atoms with Crippen molar-refractivity contribution >= 4 is 12.1 Å². The molecule has 2 aliphatic heterocycles. The minimum absolute atomic E-state index is 0.356. The normalized spacial score (nSPS) is 22.2. The predicted octanol–water partition coefficient (Wildman–Crippen LogP) is 2.41. The number of esters is 1. The Hall–Kier alpha value is -1.82. The summed E-state index contributed by atoms with van der Waals surface area (Å²) in [4.78, 5) is 26.2. The summed E-state index contributed by atoms with van der Waals surface area (Å²) in [5, 5.41) is 3.30. The molecule has 0 aromatic carbocycles. The first kappa shape index (κ1) is 18.5. The van der Waals surface area contributed by atoms with Crippen LogP contribution in [0.2, 0.25) is 0 Å². The molecule has 6 nitrogen and oxygen atoms in total. The Morgan fingerprint density at radius 2 is 1.92 bits per heavy atom. The first-order chi connectivity index (χ1) is 11.3. The van der Waals surface area contributed by atoms with Crippen LogP contribution >= 0.6 is 0 Å². The Labute approximate surface area is 143 Å². The number of allylic oxidation sites excluding steroid dienone is 1. The van der Waals surface area contributed by atoms with E-state index >= 15 is 0 Å². The van der Waals surface area contributed by atoms with Gasteiger partial charge in [0.05, 0.1) is 7.11 Å². The van der Waals surface area contributed by atoms with Crippen molar-refractivity contribution in [3.63, 3.8) is 0 Å². The van der Waals surface area contributed by atoms with Gasteiger partial charge in [-0.1, -0.05) is 12.2 Å². The van der Waals surface area contributed by atoms with Crippen LogP contribution in [0.1, 0.15) is 40.0 Å². The van der Waals surface area contributed by atoms with Crippen LogP contribution in [0.4, 0.5) is 4.79 Å². The zero-order valence-corrected chi connectivity index (χ0v) is 15.1. The van der Waals surface area contributed by atoms with Gasteiger partial charge in [-0.25, -0.2) is 9.59 Å². The van der Waals surface area contributed by atoms with E-state index in [0.29, 0.717) is 13.0 Å². The summed E-state index contributed by atoms with van der Waals surface area (Å²) in [6.07, 6.45) is 6.03. The van der Waals surface area contributed by atoms with Gasteiger partial charge in [0.2, 0.25) is 0 Å². The number of hydrogen-bond donors (Lipinski definition) is 1. The number of amides is 1. The maximum Gasteiger partial charge on any atom is 0.411 e. The minimum atomic E-state index is -0.610.